The minimum absolute atomic E-state index is 0.104. The fourth-order valence-corrected chi connectivity index (χ4v) is 2.40. The summed E-state index contributed by atoms with van der Waals surface area (Å²) in [6.07, 6.45) is 3.56. The van der Waals surface area contributed by atoms with E-state index in [0.717, 1.165) is 12.0 Å². The summed E-state index contributed by atoms with van der Waals surface area (Å²) >= 11 is 0. The number of hydrogen-bond acceptors (Lipinski definition) is 5. The number of rotatable bonds is 5. The molecule has 1 aliphatic heterocycles. The third-order valence-corrected chi connectivity index (χ3v) is 3.70. The molecule has 0 radical (unpaired) electrons. The number of esters is 1. The largest absolute Gasteiger partial charge is 0.490 e. The van der Waals surface area contributed by atoms with E-state index in [0.29, 0.717) is 24.7 Å². The van der Waals surface area contributed by atoms with Gasteiger partial charge in [-0.05, 0) is 35.9 Å². The SMILES string of the molecule is O=C(/C=C/c1ccc2c(c1)OCCCO2)OCC(=O)c1ccccc1F. The molecule has 0 amide bonds. The van der Waals surface area contributed by atoms with Gasteiger partial charge in [0, 0.05) is 12.5 Å². The number of ketones is 1. The Morgan fingerprint density at radius 2 is 1.85 bits per heavy atom. The number of halogens is 1. The molecule has 0 unspecified atom stereocenters. The monoisotopic (exact) mass is 356 g/mol. The lowest BCUT2D eigenvalue weighted by molar-refractivity contribution is -0.136. The fourth-order valence-electron chi connectivity index (χ4n) is 2.40. The molecule has 1 aliphatic rings. The van der Waals surface area contributed by atoms with Gasteiger partial charge in [0.25, 0.3) is 0 Å². The van der Waals surface area contributed by atoms with Gasteiger partial charge in [0.05, 0.1) is 18.8 Å². The van der Waals surface area contributed by atoms with Crippen LogP contribution in [-0.2, 0) is 9.53 Å². The second-order valence-corrected chi connectivity index (χ2v) is 5.60. The standard InChI is InChI=1S/C20H17FO5/c21-16-5-2-1-4-15(16)17(22)13-26-20(23)9-7-14-6-8-18-19(12-14)25-11-3-10-24-18/h1-2,4-9,12H,3,10-11,13H2/b9-7+. The first-order valence-corrected chi connectivity index (χ1v) is 8.16. The van der Waals surface area contributed by atoms with Crippen molar-refractivity contribution in [1.29, 1.82) is 0 Å². The highest BCUT2D eigenvalue weighted by Gasteiger charge is 2.13. The summed E-state index contributed by atoms with van der Waals surface area (Å²) in [4.78, 5) is 23.6. The van der Waals surface area contributed by atoms with Crippen molar-refractivity contribution in [3.05, 3.63) is 65.5 Å². The molecular formula is C20H17FO5. The van der Waals surface area contributed by atoms with E-state index < -0.39 is 24.2 Å². The summed E-state index contributed by atoms with van der Waals surface area (Å²) in [6, 6.07) is 10.9. The summed E-state index contributed by atoms with van der Waals surface area (Å²) in [7, 11) is 0. The van der Waals surface area contributed by atoms with Crippen LogP contribution < -0.4 is 9.47 Å². The van der Waals surface area contributed by atoms with Crippen LogP contribution in [0, 0.1) is 5.82 Å². The van der Waals surface area contributed by atoms with E-state index in [1.807, 2.05) is 0 Å². The Morgan fingerprint density at radius 1 is 1.08 bits per heavy atom. The topological polar surface area (TPSA) is 61.8 Å². The summed E-state index contributed by atoms with van der Waals surface area (Å²) in [5, 5.41) is 0. The summed E-state index contributed by atoms with van der Waals surface area (Å²) in [6.45, 7) is 0.649. The maximum absolute atomic E-state index is 13.5. The van der Waals surface area contributed by atoms with Crippen molar-refractivity contribution in [3.8, 4) is 11.5 Å². The van der Waals surface area contributed by atoms with Gasteiger partial charge in [0.15, 0.2) is 18.1 Å². The van der Waals surface area contributed by atoms with Crippen molar-refractivity contribution in [2.24, 2.45) is 0 Å². The van der Waals surface area contributed by atoms with Crippen molar-refractivity contribution >= 4 is 17.8 Å². The minimum Gasteiger partial charge on any atom is -0.490 e. The molecule has 0 fully saturated rings. The van der Waals surface area contributed by atoms with Gasteiger partial charge in [-0.3, -0.25) is 4.79 Å². The van der Waals surface area contributed by atoms with Crippen LogP contribution in [-0.4, -0.2) is 31.6 Å². The van der Waals surface area contributed by atoms with E-state index in [9.17, 15) is 14.0 Å². The number of carbonyl (C=O) groups is 2. The fraction of sp³-hybridized carbons (Fsp3) is 0.200. The molecular weight excluding hydrogens is 339 g/mol. The molecule has 0 bridgehead atoms. The molecule has 0 saturated heterocycles. The second kappa shape index (κ2) is 8.29. The smallest absolute Gasteiger partial charge is 0.331 e. The van der Waals surface area contributed by atoms with Gasteiger partial charge in [0.2, 0.25) is 5.78 Å². The number of hydrogen-bond donors (Lipinski definition) is 0. The number of ether oxygens (including phenoxy) is 3. The predicted molar refractivity (Wildman–Crippen MR) is 92.8 cm³/mol. The van der Waals surface area contributed by atoms with Crippen molar-refractivity contribution in [2.75, 3.05) is 19.8 Å². The Kier molecular flexibility index (Phi) is 5.63. The first-order valence-electron chi connectivity index (χ1n) is 8.16. The third kappa shape index (κ3) is 4.47. The molecule has 6 heteroatoms. The molecule has 0 saturated carbocycles. The van der Waals surface area contributed by atoms with Crippen molar-refractivity contribution in [1.82, 2.24) is 0 Å². The minimum atomic E-state index is -0.693. The first kappa shape index (κ1) is 17.7. The lowest BCUT2D eigenvalue weighted by Crippen LogP contribution is -2.13. The molecule has 0 aromatic heterocycles. The molecule has 1 heterocycles. The van der Waals surface area contributed by atoms with Crippen LogP contribution in [0.4, 0.5) is 4.39 Å². The average molecular weight is 356 g/mol. The van der Waals surface area contributed by atoms with Crippen LogP contribution in [0.25, 0.3) is 6.08 Å². The van der Waals surface area contributed by atoms with E-state index >= 15 is 0 Å². The highest BCUT2D eigenvalue weighted by molar-refractivity contribution is 5.99. The Bertz CT molecular complexity index is 844. The van der Waals surface area contributed by atoms with Crippen molar-refractivity contribution in [3.63, 3.8) is 0 Å². The predicted octanol–water partition coefficient (Wildman–Crippen LogP) is 3.43. The highest BCUT2D eigenvalue weighted by atomic mass is 19.1. The van der Waals surface area contributed by atoms with E-state index in [1.165, 1.54) is 24.3 Å². The Balaban J connectivity index is 1.57. The van der Waals surface area contributed by atoms with Crippen LogP contribution in [0.1, 0.15) is 22.3 Å². The van der Waals surface area contributed by atoms with Gasteiger partial charge >= 0.3 is 5.97 Å². The normalized spacial score (nSPS) is 13.3. The van der Waals surface area contributed by atoms with Gasteiger partial charge in [-0.1, -0.05) is 18.2 Å². The molecule has 3 rings (SSSR count). The quantitative estimate of drug-likeness (QED) is 0.467. The molecule has 0 aliphatic carbocycles. The zero-order valence-corrected chi connectivity index (χ0v) is 13.9. The van der Waals surface area contributed by atoms with Crippen LogP contribution >= 0.6 is 0 Å². The first-order chi connectivity index (χ1) is 12.6. The van der Waals surface area contributed by atoms with Gasteiger partial charge < -0.3 is 14.2 Å². The maximum Gasteiger partial charge on any atom is 0.331 e. The average Bonchev–Trinajstić information content (AvgIpc) is 2.89. The number of fused-ring (bicyclic) bond motifs is 1. The zero-order valence-electron chi connectivity index (χ0n) is 13.9. The van der Waals surface area contributed by atoms with Gasteiger partial charge in [-0.15, -0.1) is 0 Å². The zero-order chi connectivity index (χ0) is 18.4. The Labute approximate surface area is 150 Å². The molecule has 26 heavy (non-hydrogen) atoms. The van der Waals surface area contributed by atoms with E-state index in [2.05, 4.69) is 0 Å². The van der Waals surface area contributed by atoms with Crippen molar-refractivity contribution < 1.29 is 28.2 Å². The number of benzene rings is 2. The summed E-state index contributed by atoms with van der Waals surface area (Å²) in [5.74, 6) is -0.649. The third-order valence-electron chi connectivity index (χ3n) is 3.70. The van der Waals surface area contributed by atoms with E-state index in [4.69, 9.17) is 14.2 Å². The van der Waals surface area contributed by atoms with Crippen LogP contribution in [0.2, 0.25) is 0 Å². The van der Waals surface area contributed by atoms with Gasteiger partial charge in [-0.25, -0.2) is 9.18 Å². The highest BCUT2D eigenvalue weighted by Crippen LogP contribution is 2.30. The Morgan fingerprint density at radius 3 is 2.65 bits per heavy atom. The molecule has 2 aromatic rings. The molecule has 0 N–H and O–H groups in total. The molecule has 134 valence electrons. The summed E-state index contributed by atoms with van der Waals surface area (Å²) < 4.78 is 29.5. The van der Waals surface area contributed by atoms with E-state index in [-0.39, 0.29) is 5.56 Å². The second-order valence-electron chi connectivity index (χ2n) is 5.60. The van der Waals surface area contributed by atoms with Crippen LogP contribution in [0.15, 0.2) is 48.5 Å². The lowest BCUT2D eigenvalue weighted by atomic mass is 10.1. The van der Waals surface area contributed by atoms with Crippen LogP contribution in [0.5, 0.6) is 11.5 Å². The number of carbonyl (C=O) groups excluding carboxylic acids is 2. The number of Topliss-reactive ketones (excluding diaryl/α,β-unsaturated/α-hetero) is 1. The maximum atomic E-state index is 13.5. The summed E-state index contributed by atoms with van der Waals surface area (Å²) in [5.41, 5.74) is 0.624. The Hall–Kier alpha value is -3.15. The molecule has 2 aromatic carbocycles. The van der Waals surface area contributed by atoms with E-state index in [1.54, 1.807) is 30.3 Å². The lowest BCUT2D eigenvalue weighted by Gasteiger charge is -2.07. The van der Waals surface area contributed by atoms with Crippen LogP contribution in [0.3, 0.4) is 0 Å². The van der Waals surface area contributed by atoms with Crippen molar-refractivity contribution in [2.45, 2.75) is 6.42 Å². The van der Waals surface area contributed by atoms with Gasteiger partial charge in [-0.2, -0.15) is 0 Å². The molecule has 0 spiro atoms. The van der Waals surface area contributed by atoms with Gasteiger partial charge in [0.1, 0.15) is 5.82 Å². The molecule has 5 nitrogen and oxygen atoms in total. The molecule has 0 atom stereocenters.